The molecule has 19 heavy (non-hydrogen) atoms. The van der Waals surface area contributed by atoms with Gasteiger partial charge >= 0.3 is 0 Å². The van der Waals surface area contributed by atoms with Gasteiger partial charge in [-0.2, -0.15) is 5.26 Å². The molecule has 0 aromatic heterocycles. The van der Waals surface area contributed by atoms with Crippen LogP contribution in [-0.4, -0.2) is 11.2 Å². The van der Waals surface area contributed by atoms with Gasteiger partial charge in [-0.05, 0) is 43.4 Å². The summed E-state index contributed by atoms with van der Waals surface area (Å²) in [5, 5.41) is 20.5. The fourth-order valence-electron chi connectivity index (χ4n) is 4.26. The molecule has 2 fully saturated rings. The lowest BCUT2D eigenvalue weighted by molar-refractivity contribution is -0.0338. The van der Waals surface area contributed by atoms with E-state index in [1.807, 2.05) is 0 Å². The summed E-state index contributed by atoms with van der Waals surface area (Å²) >= 11 is 0. The van der Waals surface area contributed by atoms with E-state index >= 15 is 0 Å². The van der Waals surface area contributed by atoms with Crippen molar-refractivity contribution < 1.29 is 5.11 Å². The zero-order valence-corrected chi connectivity index (χ0v) is 12.6. The lowest BCUT2D eigenvalue weighted by Crippen LogP contribution is -2.43. The summed E-state index contributed by atoms with van der Waals surface area (Å²) in [4.78, 5) is 0. The van der Waals surface area contributed by atoms with Gasteiger partial charge in [0.05, 0.1) is 17.6 Å². The Labute approximate surface area is 118 Å². The zero-order valence-electron chi connectivity index (χ0n) is 12.6. The lowest BCUT2D eigenvalue weighted by Gasteiger charge is -2.43. The highest BCUT2D eigenvalue weighted by Gasteiger charge is 2.45. The standard InChI is InChI=1S/C17H29NO/c1-3-14-5-4-10-17(11-14,12-18)16(19)15-8-6-13(2)7-9-15/h13-16,19H,3-11H2,1-2H3. The van der Waals surface area contributed by atoms with Crippen LogP contribution in [0.2, 0.25) is 0 Å². The first-order valence-electron chi connectivity index (χ1n) is 8.20. The highest BCUT2D eigenvalue weighted by molar-refractivity contribution is 5.08. The smallest absolute Gasteiger partial charge is 0.0837 e. The maximum Gasteiger partial charge on any atom is 0.0837 e. The molecule has 2 aliphatic carbocycles. The minimum Gasteiger partial charge on any atom is -0.391 e. The molecule has 3 unspecified atom stereocenters. The van der Waals surface area contributed by atoms with Crippen LogP contribution in [0.3, 0.4) is 0 Å². The number of rotatable bonds is 3. The maximum absolute atomic E-state index is 10.8. The molecule has 2 heteroatoms. The molecule has 0 aliphatic heterocycles. The molecule has 0 heterocycles. The van der Waals surface area contributed by atoms with Crippen LogP contribution >= 0.6 is 0 Å². The van der Waals surface area contributed by atoms with Gasteiger partial charge in [-0.3, -0.25) is 0 Å². The van der Waals surface area contributed by atoms with E-state index in [4.69, 9.17) is 0 Å². The molecule has 0 aromatic rings. The number of nitrogens with zero attached hydrogens (tertiary/aromatic N) is 1. The molecule has 2 rings (SSSR count). The zero-order chi connectivity index (χ0) is 13.9. The number of nitriles is 1. The SMILES string of the molecule is CCC1CCCC(C#N)(C(O)C2CCC(C)CC2)C1. The van der Waals surface area contributed by atoms with E-state index < -0.39 is 5.41 Å². The summed E-state index contributed by atoms with van der Waals surface area (Å²) in [6.07, 6.45) is 9.63. The van der Waals surface area contributed by atoms with Crippen molar-refractivity contribution in [1.82, 2.24) is 0 Å². The fourth-order valence-corrected chi connectivity index (χ4v) is 4.26. The molecule has 0 spiro atoms. The Balaban J connectivity index is 2.05. The summed E-state index contributed by atoms with van der Waals surface area (Å²) in [5.74, 6) is 1.81. The molecule has 3 atom stereocenters. The Morgan fingerprint density at radius 1 is 1.26 bits per heavy atom. The Morgan fingerprint density at radius 3 is 2.53 bits per heavy atom. The van der Waals surface area contributed by atoms with Crippen molar-refractivity contribution >= 4 is 0 Å². The first-order valence-corrected chi connectivity index (χ1v) is 8.20. The molecule has 108 valence electrons. The van der Waals surface area contributed by atoms with E-state index in [0.29, 0.717) is 11.8 Å². The second-order valence-corrected chi connectivity index (χ2v) is 7.10. The van der Waals surface area contributed by atoms with Crippen molar-refractivity contribution in [3.63, 3.8) is 0 Å². The number of aliphatic hydroxyl groups is 1. The van der Waals surface area contributed by atoms with Crippen molar-refractivity contribution in [2.75, 3.05) is 0 Å². The molecule has 0 radical (unpaired) electrons. The Hall–Kier alpha value is -0.550. The molecule has 0 aromatic carbocycles. The summed E-state index contributed by atoms with van der Waals surface area (Å²) in [5.41, 5.74) is -0.440. The Bertz CT molecular complexity index is 327. The summed E-state index contributed by atoms with van der Waals surface area (Å²) in [6.45, 7) is 4.52. The van der Waals surface area contributed by atoms with Crippen LogP contribution in [0.4, 0.5) is 0 Å². The van der Waals surface area contributed by atoms with Crippen molar-refractivity contribution in [2.24, 2.45) is 23.2 Å². The van der Waals surface area contributed by atoms with Crippen LogP contribution in [0.15, 0.2) is 0 Å². The molecular formula is C17H29NO. The van der Waals surface area contributed by atoms with Gasteiger partial charge in [-0.25, -0.2) is 0 Å². The van der Waals surface area contributed by atoms with Crippen LogP contribution < -0.4 is 0 Å². The molecule has 0 saturated heterocycles. The minimum absolute atomic E-state index is 0.367. The first-order chi connectivity index (χ1) is 9.11. The first kappa shape index (κ1) is 14.9. The third-order valence-corrected chi connectivity index (χ3v) is 5.76. The number of hydrogen-bond donors (Lipinski definition) is 1. The molecular weight excluding hydrogens is 234 g/mol. The highest BCUT2D eigenvalue weighted by Crippen LogP contribution is 2.47. The number of hydrogen-bond acceptors (Lipinski definition) is 2. The minimum atomic E-state index is -0.440. The van der Waals surface area contributed by atoms with E-state index in [9.17, 15) is 10.4 Å². The average molecular weight is 263 g/mol. The summed E-state index contributed by atoms with van der Waals surface area (Å²) in [6, 6.07) is 2.54. The van der Waals surface area contributed by atoms with Gasteiger partial charge in [0.25, 0.3) is 0 Å². The second kappa shape index (κ2) is 6.27. The van der Waals surface area contributed by atoms with Crippen molar-refractivity contribution in [3.8, 4) is 6.07 Å². The van der Waals surface area contributed by atoms with E-state index in [2.05, 4.69) is 19.9 Å². The molecule has 0 amide bonds. The van der Waals surface area contributed by atoms with Crippen LogP contribution in [0.5, 0.6) is 0 Å². The largest absolute Gasteiger partial charge is 0.391 e. The second-order valence-electron chi connectivity index (χ2n) is 7.10. The van der Waals surface area contributed by atoms with Crippen LogP contribution in [0, 0.1) is 34.5 Å². The number of aliphatic hydroxyl groups excluding tert-OH is 1. The van der Waals surface area contributed by atoms with Crippen molar-refractivity contribution in [1.29, 1.82) is 5.26 Å². The fraction of sp³-hybridized carbons (Fsp3) is 0.941. The van der Waals surface area contributed by atoms with E-state index in [1.165, 1.54) is 19.3 Å². The molecule has 2 saturated carbocycles. The third kappa shape index (κ3) is 3.14. The summed E-state index contributed by atoms with van der Waals surface area (Å²) < 4.78 is 0. The quantitative estimate of drug-likeness (QED) is 0.825. The molecule has 1 N–H and O–H groups in total. The third-order valence-electron chi connectivity index (χ3n) is 5.76. The molecule has 2 nitrogen and oxygen atoms in total. The normalized spacial score (nSPS) is 41.5. The van der Waals surface area contributed by atoms with Gasteiger partial charge in [-0.15, -0.1) is 0 Å². The van der Waals surface area contributed by atoms with Crippen LogP contribution in [0.1, 0.15) is 71.6 Å². The van der Waals surface area contributed by atoms with E-state index in [0.717, 1.165) is 44.4 Å². The topological polar surface area (TPSA) is 44.0 Å². The van der Waals surface area contributed by atoms with Crippen LogP contribution in [-0.2, 0) is 0 Å². The van der Waals surface area contributed by atoms with E-state index in [-0.39, 0.29) is 6.10 Å². The predicted octanol–water partition coefficient (Wildman–Crippen LogP) is 4.28. The van der Waals surface area contributed by atoms with Gasteiger partial charge in [0, 0.05) is 0 Å². The van der Waals surface area contributed by atoms with Gasteiger partial charge in [-0.1, -0.05) is 46.0 Å². The predicted molar refractivity (Wildman–Crippen MR) is 77.4 cm³/mol. The molecule has 0 bridgehead atoms. The Kier molecular flexibility index (Phi) is 4.90. The van der Waals surface area contributed by atoms with Crippen LogP contribution in [0.25, 0.3) is 0 Å². The lowest BCUT2D eigenvalue weighted by atomic mass is 9.62. The van der Waals surface area contributed by atoms with Crippen molar-refractivity contribution in [2.45, 2.75) is 77.7 Å². The van der Waals surface area contributed by atoms with Gasteiger partial charge in [0.15, 0.2) is 0 Å². The molecule has 2 aliphatic rings. The van der Waals surface area contributed by atoms with Crippen molar-refractivity contribution in [3.05, 3.63) is 0 Å². The highest BCUT2D eigenvalue weighted by atomic mass is 16.3. The average Bonchev–Trinajstić information content (AvgIpc) is 2.47. The summed E-state index contributed by atoms with van der Waals surface area (Å²) in [7, 11) is 0. The van der Waals surface area contributed by atoms with Gasteiger partial charge < -0.3 is 5.11 Å². The van der Waals surface area contributed by atoms with Gasteiger partial charge in [0.1, 0.15) is 0 Å². The monoisotopic (exact) mass is 263 g/mol. The maximum atomic E-state index is 10.8. The Morgan fingerprint density at radius 2 is 1.95 bits per heavy atom. The van der Waals surface area contributed by atoms with Gasteiger partial charge in [0.2, 0.25) is 0 Å². The van der Waals surface area contributed by atoms with E-state index in [1.54, 1.807) is 0 Å².